The standard InChI is InChI=1S/C16H19FN2O/c1-12(2)19-10-13-5-6-16(15(17)8-13)20-11-14-4-3-7-18-9-14/h3-9,12,19H,10-11H2,1-2H3. The Morgan fingerprint density at radius 1 is 1.25 bits per heavy atom. The summed E-state index contributed by atoms with van der Waals surface area (Å²) in [6, 6.07) is 9.15. The van der Waals surface area contributed by atoms with Gasteiger partial charge in [0.05, 0.1) is 0 Å². The third kappa shape index (κ3) is 4.31. The average molecular weight is 274 g/mol. The molecule has 0 aliphatic rings. The first kappa shape index (κ1) is 14.5. The highest BCUT2D eigenvalue weighted by Gasteiger charge is 2.05. The zero-order valence-electron chi connectivity index (χ0n) is 11.8. The van der Waals surface area contributed by atoms with E-state index < -0.39 is 0 Å². The van der Waals surface area contributed by atoms with Crippen molar-refractivity contribution in [2.45, 2.75) is 33.0 Å². The normalized spacial score (nSPS) is 10.8. The molecule has 4 heteroatoms. The number of nitrogens with one attached hydrogen (secondary N) is 1. The van der Waals surface area contributed by atoms with Crippen LogP contribution < -0.4 is 10.1 Å². The van der Waals surface area contributed by atoms with Crippen LogP contribution in [-0.4, -0.2) is 11.0 Å². The zero-order valence-corrected chi connectivity index (χ0v) is 11.8. The van der Waals surface area contributed by atoms with Crippen LogP contribution in [0.15, 0.2) is 42.7 Å². The number of hydrogen-bond donors (Lipinski definition) is 1. The van der Waals surface area contributed by atoms with Crippen LogP contribution in [0.4, 0.5) is 4.39 Å². The molecule has 1 N–H and O–H groups in total. The highest BCUT2D eigenvalue weighted by Crippen LogP contribution is 2.19. The fourth-order valence-electron chi connectivity index (χ4n) is 1.74. The van der Waals surface area contributed by atoms with Gasteiger partial charge in [0.15, 0.2) is 11.6 Å². The fourth-order valence-corrected chi connectivity index (χ4v) is 1.74. The summed E-state index contributed by atoms with van der Waals surface area (Å²) in [5, 5.41) is 3.25. The molecule has 1 aromatic carbocycles. The third-order valence-corrected chi connectivity index (χ3v) is 2.83. The Bertz CT molecular complexity index is 543. The first-order valence-electron chi connectivity index (χ1n) is 6.68. The second-order valence-electron chi connectivity index (χ2n) is 4.95. The maximum absolute atomic E-state index is 13.9. The van der Waals surface area contributed by atoms with Crippen molar-refractivity contribution < 1.29 is 9.13 Å². The highest BCUT2D eigenvalue weighted by atomic mass is 19.1. The Hall–Kier alpha value is -1.94. The molecule has 3 nitrogen and oxygen atoms in total. The Balaban J connectivity index is 1.95. The monoisotopic (exact) mass is 274 g/mol. The molecule has 2 aromatic rings. The van der Waals surface area contributed by atoms with Crippen molar-refractivity contribution in [2.24, 2.45) is 0 Å². The Morgan fingerprint density at radius 2 is 2.10 bits per heavy atom. The van der Waals surface area contributed by atoms with Crippen LogP contribution in [0.5, 0.6) is 5.75 Å². The van der Waals surface area contributed by atoms with Crippen molar-refractivity contribution in [3.05, 3.63) is 59.7 Å². The SMILES string of the molecule is CC(C)NCc1ccc(OCc2cccnc2)c(F)c1. The number of benzene rings is 1. The van der Waals surface area contributed by atoms with Gasteiger partial charge in [-0.3, -0.25) is 4.98 Å². The second kappa shape index (κ2) is 7.01. The highest BCUT2D eigenvalue weighted by molar-refractivity contribution is 5.29. The van der Waals surface area contributed by atoms with E-state index in [1.165, 1.54) is 6.07 Å². The minimum absolute atomic E-state index is 0.266. The van der Waals surface area contributed by atoms with Crippen molar-refractivity contribution in [3.63, 3.8) is 0 Å². The largest absolute Gasteiger partial charge is 0.486 e. The van der Waals surface area contributed by atoms with Crippen molar-refractivity contribution in [1.82, 2.24) is 10.3 Å². The molecule has 0 saturated carbocycles. The van der Waals surface area contributed by atoms with Crippen LogP contribution >= 0.6 is 0 Å². The van der Waals surface area contributed by atoms with Gasteiger partial charge in [0.2, 0.25) is 0 Å². The van der Waals surface area contributed by atoms with Crippen LogP contribution in [0.25, 0.3) is 0 Å². The molecule has 0 fully saturated rings. The van der Waals surface area contributed by atoms with Gasteiger partial charge in [-0.1, -0.05) is 26.0 Å². The van der Waals surface area contributed by atoms with Crippen LogP contribution in [0.1, 0.15) is 25.0 Å². The van der Waals surface area contributed by atoms with Gasteiger partial charge in [-0.05, 0) is 23.8 Å². The van der Waals surface area contributed by atoms with Gasteiger partial charge >= 0.3 is 0 Å². The van der Waals surface area contributed by atoms with E-state index >= 15 is 0 Å². The molecule has 0 saturated heterocycles. The van der Waals surface area contributed by atoms with Gasteiger partial charge in [0.25, 0.3) is 0 Å². The number of hydrogen-bond acceptors (Lipinski definition) is 3. The smallest absolute Gasteiger partial charge is 0.165 e. The van der Waals surface area contributed by atoms with Gasteiger partial charge in [-0.25, -0.2) is 4.39 Å². The summed E-state index contributed by atoms with van der Waals surface area (Å²) in [6.45, 7) is 5.08. The van der Waals surface area contributed by atoms with Crippen LogP contribution in [0, 0.1) is 5.82 Å². The molecule has 0 aliphatic heterocycles. The molecule has 0 amide bonds. The lowest BCUT2D eigenvalue weighted by Gasteiger charge is -2.10. The summed E-state index contributed by atoms with van der Waals surface area (Å²) in [5.41, 5.74) is 1.82. The lowest BCUT2D eigenvalue weighted by atomic mass is 10.2. The van der Waals surface area contributed by atoms with Crippen molar-refractivity contribution in [2.75, 3.05) is 0 Å². The molecule has 1 aromatic heterocycles. The zero-order chi connectivity index (χ0) is 14.4. The van der Waals surface area contributed by atoms with Gasteiger partial charge in [-0.15, -0.1) is 0 Å². The summed E-state index contributed by atoms with van der Waals surface area (Å²) in [5.74, 6) is -0.0703. The Labute approximate surface area is 118 Å². The van der Waals surface area contributed by atoms with E-state index in [4.69, 9.17) is 4.74 Å². The summed E-state index contributed by atoms with van der Waals surface area (Å²) in [4.78, 5) is 3.99. The summed E-state index contributed by atoms with van der Waals surface area (Å²) in [6.07, 6.45) is 3.40. The molecule has 1 heterocycles. The molecule has 0 aliphatic carbocycles. The van der Waals surface area contributed by atoms with E-state index in [-0.39, 0.29) is 11.6 Å². The molecule has 0 spiro atoms. The van der Waals surface area contributed by atoms with Crippen LogP contribution in [0.2, 0.25) is 0 Å². The minimum atomic E-state index is -0.336. The van der Waals surface area contributed by atoms with E-state index in [0.717, 1.165) is 11.1 Å². The molecule has 106 valence electrons. The van der Waals surface area contributed by atoms with Crippen molar-refractivity contribution in [1.29, 1.82) is 0 Å². The molecular weight excluding hydrogens is 255 g/mol. The summed E-state index contributed by atoms with van der Waals surface area (Å²) < 4.78 is 19.4. The van der Waals surface area contributed by atoms with Crippen LogP contribution in [0.3, 0.4) is 0 Å². The predicted octanol–water partition coefficient (Wildman–Crippen LogP) is 3.30. The molecule has 0 radical (unpaired) electrons. The molecule has 2 rings (SSSR count). The molecule has 20 heavy (non-hydrogen) atoms. The molecule has 0 atom stereocenters. The number of pyridine rings is 1. The number of halogens is 1. The average Bonchev–Trinajstić information content (AvgIpc) is 2.45. The quantitative estimate of drug-likeness (QED) is 0.877. The Kier molecular flexibility index (Phi) is 5.07. The maximum atomic E-state index is 13.9. The van der Waals surface area contributed by atoms with E-state index in [9.17, 15) is 4.39 Å². The maximum Gasteiger partial charge on any atom is 0.165 e. The Morgan fingerprint density at radius 3 is 2.75 bits per heavy atom. The van der Waals surface area contributed by atoms with E-state index in [1.807, 2.05) is 18.2 Å². The third-order valence-electron chi connectivity index (χ3n) is 2.83. The first-order chi connectivity index (χ1) is 9.65. The predicted molar refractivity (Wildman–Crippen MR) is 76.9 cm³/mol. The fraction of sp³-hybridized carbons (Fsp3) is 0.312. The van der Waals surface area contributed by atoms with E-state index in [1.54, 1.807) is 18.5 Å². The molecular formula is C16H19FN2O. The van der Waals surface area contributed by atoms with Crippen molar-refractivity contribution >= 4 is 0 Å². The van der Waals surface area contributed by atoms with Gasteiger partial charge in [0.1, 0.15) is 6.61 Å². The number of rotatable bonds is 6. The van der Waals surface area contributed by atoms with E-state index in [2.05, 4.69) is 24.1 Å². The summed E-state index contributed by atoms with van der Waals surface area (Å²) >= 11 is 0. The van der Waals surface area contributed by atoms with Crippen LogP contribution in [-0.2, 0) is 13.2 Å². The van der Waals surface area contributed by atoms with E-state index in [0.29, 0.717) is 19.2 Å². The van der Waals surface area contributed by atoms with Gasteiger partial charge in [-0.2, -0.15) is 0 Å². The number of ether oxygens (including phenoxy) is 1. The molecule has 0 unspecified atom stereocenters. The molecule has 0 bridgehead atoms. The number of nitrogens with zero attached hydrogens (tertiary/aromatic N) is 1. The van der Waals surface area contributed by atoms with Gasteiger partial charge < -0.3 is 10.1 Å². The summed E-state index contributed by atoms with van der Waals surface area (Å²) in [7, 11) is 0. The van der Waals surface area contributed by atoms with Crippen molar-refractivity contribution in [3.8, 4) is 5.75 Å². The first-order valence-corrected chi connectivity index (χ1v) is 6.68. The lowest BCUT2D eigenvalue weighted by Crippen LogP contribution is -2.21. The van der Waals surface area contributed by atoms with Gasteiger partial charge in [0, 0.05) is 30.5 Å². The topological polar surface area (TPSA) is 34.1 Å². The lowest BCUT2D eigenvalue weighted by molar-refractivity contribution is 0.289. The second-order valence-corrected chi connectivity index (χ2v) is 4.95. The minimum Gasteiger partial charge on any atom is -0.486 e. The number of aromatic nitrogens is 1.